The third kappa shape index (κ3) is 3.96. The van der Waals surface area contributed by atoms with Crippen molar-refractivity contribution in [2.24, 2.45) is 0 Å². The summed E-state index contributed by atoms with van der Waals surface area (Å²) in [6.07, 6.45) is 0.430. The predicted molar refractivity (Wildman–Crippen MR) is 92.2 cm³/mol. The van der Waals surface area contributed by atoms with Crippen molar-refractivity contribution in [3.8, 4) is 0 Å². The van der Waals surface area contributed by atoms with Gasteiger partial charge in [-0.3, -0.25) is 4.79 Å². The Kier molecular flexibility index (Phi) is 4.97. The first-order valence-corrected chi connectivity index (χ1v) is 8.12. The Labute approximate surface area is 145 Å². The van der Waals surface area contributed by atoms with Gasteiger partial charge in [0.05, 0.1) is 12.1 Å². The molecule has 1 fully saturated rings. The highest BCUT2D eigenvalue weighted by Gasteiger charge is 2.21. The number of rotatable bonds is 5. The molecule has 0 bridgehead atoms. The van der Waals surface area contributed by atoms with Gasteiger partial charge in [0.15, 0.2) is 0 Å². The molecule has 0 radical (unpaired) electrons. The van der Waals surface area contributed by atoms with Crippen LogP contribution in [0.25, 0.3) is 0 Å². The van der Waals surface area contributed by atoms with Crippen LogP contribution in [0.3, 0.4) is 0 Å². The number of nitrogens with one attached hydrogen (secondary N) is 1. The van der Waals surface area contributed by atoms with Crippen LogP contribution in [0.4, 0.5) is 14.9 Å². The highest BCUT2D eigenvalue weighted by molar-refractivity contribution is 6.04. The summed E-state index contributed by atoms with van der Waals surface area (Å²) in [4.78, 5) is 25.2. The highest BCUT2D eigenvalue weighted by atomic mass is 19.1. The highest BCUT2D eigenvalue weighted by Crippen LogP contribution is 2.16. The second kappa shape index (κ2) is 7.34. The molecule has 1 N–H and O–H groups in total. The van der Waals surface area contributed by atoms with Crippen LogP contribution in [0.2, 0.25) is 0 Å². The summed E-state index contributed by atoms with van der Waals surface area (Å²) in [5.74, 6) is -0.983. The molecule has 0 unspecified atom stereocenters. The summed E-state index contributed by atoms with van der Waals surface area (Å²) in [7, 11) is 0. The van der Waals surface area contributed by atoms with Crippen molar-refractivity contribution in [1.82, 2.24) is 4.90 Å². The van der Waals surface area contributed by atoms with E-state index in [0.29, 0.717) is 37.4 Å². The Balaban J connectivity index is 1.59. The SMILES string of the molecule is Cc1cccc(C(=O)Nc2ccc(CCN3CCOC3=O)cc2)c1F. The van der Waals surface area contributed by atoms with Crippen LogP contribution in [0, 0.1) is 12.7 Å². The number of anilines is 1. The monoisotopic (exact) mass is 342 g/mol. The fourth-order valence-corrected chi connectivity index (χ4v) is 2.67. The average Bonchev–Trinajstić information content (AvgIpc) is 3.01. The van der Waals surface area contributed by atoms with Crippen molar-refractivity contribution in [3.63, 3.8) is 0 Å². The van der Waals surface area contributed by atoms with E-state index in [4.69, 9.17) is 4.74 Å². The summed E-state index contributed by atoms with van der Waals surface area (Å²) >= 11 is 0. The zero-order chi connectivity index (χ0) is 17.8. The van der Waals surface area contributed by atoms with E-state index < -0.39 is 11.7 Å². The van der Waals surface area contributed by atoms with Gasteiger partial charge in [-0.2, -0.15) is 0 Å². The Bertz CT molecular complexity index is 790. The van der Waals surface area contributed by atoms with E-state index in [2.05, 4.69) is 5.32 Å². The second-order valence-corrected chi connectivity index (χ2v) is 5.94. The van der Waals surface area contributed by atoms with Gasteiger partial charge in [0.1, 0.15) is 12.4 Å². The maximum atomic E-state index is 14.0. The van der Waals surface area contributed by atoms with Crippen molar-refractivity contribution in [1.29, 1.82) is 0 Å². The van der Waals surface area contributed by atoms with Gasteiger partial charge in [-0.25, -0.2) is 9.18 Å². The van der Waals surface area contributed by atoms with Gasteiger partial charge in [-0.05, 0) is 42.7 Å². The van der Waals surface area contributed by atoms with Crippen LogP contribution in [0.1, 0.15) is 21.5 Å². The lowest BCUT2D eigenvalue weighted by Crippen LogP contribution is -2.26. The average molecular weight is 342 g/mol. The van der Waals surface area contributed by atoms with Gasteiger partial charge in [-0.15, -0.1) is 0 Å². The Morgan fingerprint density at radius 3 is 2.68 bits per heavy atom. The van der Waals surface area contributed by atoms with Crippen molar-refractivity contribution in [3.05, 3.63) is 65.0 Å². The lowest BCUT2D eigenvalue weighted by Gasteiger charge is -2.12. The van der Waals surface area contributed by atoms with Gasteiger partial charge < -0.3 is 15.0 Å². The number of nitrogens with zero attached hydrogens (tertiary/aromatic N) is 1. The summed E-state index contributed by atoms with van der Waals surface area (Å²) in [6.45, 7) is 3.28. The van der Waals surface area contributed by atoms with E-state index in [-0.39, 0.29) is 11.7 Å². The van der Waals surface area contributed by atoms with E-state index in [0.717, 1.165) is 5.56 Å². The fraction of sp³-hybridized carbons (Fsp3) is 0.263. The molecule has 1 aliphatic rings. The van der Waals surface area contributed by atoms with E-state index in [1.54, 1.807) is 36.1 Å². The number of cyclic esters (lactones) is 1. The number of amides is 2. The Morgan fingerprint density at radius 1 is 1.24 bits per heavy atom. The van der Waals surface area contributed by atoms with Gasteiger partial charge in [0, 0.05) is 12.2 Å². The van der Waals surface area contributed by atoms with Crippen LogP contribution < -0.4 is 5.32 Å². The molecule has 0 spiro atoms. The van der Waals surface area contributed by atoms with Gasteiger partial charge in [-0.1, -0.05) is 24.3 Å². The number of aryl methyl sites for hydroxylation is 1. The van der Waals surface area contributed by atoms with Crippen molar-refractivity contribution >= 4 is 17.7 Å². The van der Waals surface area contributed by atoms with Gasteiger partial charge in [0.2, 0.25) is 0 Å². The number of hydrogen-bond donors (Lipinski definition) is 1. The van der Waals surface area contributed by atoms with Crippen molar-refractivity contribution < 1.29 is 18.7 Å². The Hall–Kier alpha value is -2.89. The number of carbonyl (C=O) groups is 2. The molecule has 0 saturated carbocycles. The summed E-state index contributed by atoms with van der Waals surface area (Å²) < 4.78 is 18.9. The molecule has 2 amide bonds. The molecule has 0 aromatic heterocycles. The normalized spacial score (nSPS) is 13.7. The fourth-order valence-electron chi connectivity index (χ4n) is 2.67. The van der Waals surface area contributed by atoms with Crippen LogP contribution in [-0.4, -0.2) is 36.6 Å². The smallest absolute Gasteiger partial charge is 0.409 e. The first-order chi connectivity index (χ1) is 12.0. The molecular weight excluding hydrogens is 323 g/mol. The maximum absolute atomic E-state index is 14.0. The van der Waals surface area contributed by atoms with Crippen LogP contribution in [0.15, 0.2) is 42.5 Å². The first kappa shape index (κ1) is 17.0. The number of halogens is 1. The van der Waals surface area contributed by atoms with E-state index in [9.17, 15) is 14.0 Å². The van der Waals surface area contributed by atoms with Crippen LogP contribution >= 0.6 is 0 Å². The van der Waals surface area contributed by atoms with E-state index in [1.807, 2.05) is 12.1 Å². The van der Waals surface area contributed by atoms with E-state index in [1.165, 1.54) is 6.07 Å². The van der Waals surface area contributed by atoms with Gasteiger partial charge in [0.25, 0.3) is 5.91 Å². The molecule has 25 heavy (non-hydrogen) atoms. The molecule has 130 valence electrons. The quantitative estimate of drug-likeness (QED) is 0.906. The molecule has 0 atom stereocenters. The lowest BCUT2D eigenvalue weighted by atomic mass is 10.1. The molecular formula is C19H19FN2O3. The number of ether oxygens (including phenoxy) is 1. The zero-order valence-electron chi connectivity index (χ0n) is 13.9. The minimum atomic E-state index is -0.505. The lowest BCUT2D eigenvalue weighted by molar-refractivity contribution is 0.102. The summed E-state index contributed by atoms with van der Waals surface area (Å²) in [6, 6.07) is 12.0. The minimum absolute atomic E-state index is 0.0247. The van der Waals surface area contributed by atoms with Crippen LogP contribution in [-0.2, 0) is 11.2 Å². The maximum Gasteiger partial charge on any atom is 0.409 e. The topological polar surface area (TPSA) is 58.6 Å². The molecule has 6 heteroatoms. The molecule has 0 aliphatic carbocycles. The minimum Gasteiger partial charge on any atom is -0.448 e. The molecule has 3 rings (SSSR count). The molecule has 1 saturated heterocycles. The molecule has 2 aromatic rings. The van der Waals surface area contributed by atoms with Crippen molar-refractivity contribution in [2.75, 3.05) is 25.0 Å². The first-order valence-electron chi connectivity index (χ1n) is 8.12. The standard InChI is InChI=1S/C19H19FN2O3/c1-13-3-2-4-16(17(13)20)18(23)21-15-7-5-14(6-8-15)9-10-22-11-12-25-19(22)24/h2-8H,9-12H2,1H3,(H,21,23). The zero-order valence-corrected chi connectivity index (χ0v) is 13.9. The molecule has 1 heterocycles. The van der Waals surface area contributed by atoms with Gasteiger partial charge >= 0.3 is 6.09 Å². The third-order valence-electron chi connectivity index (χ3n) is 4.16. The summed E-state index contributed by atoms with van der Waals surface area (Å²) in [5, 5.41) is 2.69. The van der Waals surface area contributed by atoms with Crippen LogP contribution in [0.5, 0.6) is 0 Å². The number of hydrogen-bond acceptors (Lipinski definition) is 3. The largest absolute Gasteiger partial charge is 0.448 e. The van der Waals surface area contributed by atoms with Crippen molar-refractivity contribution in [2.45, 2.75) is 13.3 Å². The van der Waals surface area contributed by atoms with E-state index >= 15 is 0 Å². The molecule has 5 nitrogen and oxygen atoms in total. The molecule has 2 aromatic carbocycles. The number of benzene rings is 2. The Morgan fingerprint density at radius 2 is 2.00 bits per heavy atom. The number of carbonyl (C=O) groups excluding carboxylic acids is 2. The molecule has 1 aliphatic heterocycles. The predicted octanol–water partition coefficient (Wildman–Crippen LogP) is 3.38. The second-order valence-electron chi connectivity index (χ2n) is 5.94. The third-order valence-corrected chi connectivity index (χ3v) is 4.16. The summed E-state index contributed by atoms with van der Waals surface area (Å²) in [5.41, 5.74) is 2.09.